The van der Waals surface area contributed by atoms with Crippen molar-refractivity contribution in [2.45, 2.75) is 39.8 Å². The fraction of sp³-hybridized carbons (Fsp3) is 0.533. The first-order valence-electron chi connectivity index (χ1n) is 7.06. The van der Waals surface area contributed by atoms with Gasteiger partial charge in [-0.15, -0.1) is 22.7 Å². The normalized spacial score (nSPS) is 12.6. The third kappa shape index (κ3) is 3.81. The van der Waals surface area contributed by atoms with Crippen molar-refractivity contribution in [3.63, 3.8) is 0 Å². The zero-order valence-corrected chi connectivity index (χ0v) is 14.3. The lowest BCUT2D eigenvalue weighted by Crippen LogP contribution is -2.18. The molecule has 0 bridgehead atoms. The van der Waals surface area contributed by atoms with E-state index in [1.165, 1.54) is 9.75 Å². The zero-order chi connectivity index (χ0) is 14.5. The van der Waals surface area contributed by atoms with Gasteiger partial charge >= 0.3 is 0 Å². The first-order valence-corrected chi connectivity index (χ1v) is 8.75. The van der Waals surface area contributed by atoms with Crippen LogP contribution in [0.5, 0.6) is 0 Å². The van der Waals surface area contributed by atoms with Crippen LogP contribution < -0.4 is 10.2 Å². The number of nitrogens with zero attached hydrogens (tertiary/aromatic N) is 2. The van der Waals surface area contributed by atoms with Crippen molar-refractivity contribution >= 4 is 27.8 Å². The summed E-state index contributed by atoms with van der Waals surface area (Å²) >= 11 is 3.60. The van der Waals surface area contributed by atoms with E-state index in [1.807, 2.05) is 0 Å². The highest BCUT2D eigenvalue weighted by Crippen LogP contribution is 2.31. The van der Waals surface area contributed by atoms with Gasteiger partial charge in [-0.05, 0) is 38.3 Å². The van der Waals surface area contributed by atoms with Gasteiger partial charge in [0.2, 0.25) is 0 Å². The average molecular weight is 310 g/mol. The maximum atomic E-state index is 4.73. The molecule has 0 aromatic carbocycles. The Labute approximate surface area is 129 Å². The number of thiophene rings is 1. The maximum absolute atomic E-state index is 4.73. The Morgan fingerprint density at radius 2 is 2.25 bits per heavy atom. The molecule has 1 N–H and O–H groups in total. The second-order valence-corrected chi connectivity index (χ2v) is 7.10. The lowest BCUT2D eigenvalue weighted by Gasteiger charge is -2.14. The Bertz CT molecular complexity index is 519. The largest absolute Gasteiger partial charge is 0.346 e. The Balaban J connectivity index is 2.05. The summed E-state index contributed by atoms with van der Waals surface area (Å²) in [6, 6.07) is 4.66. The lowest BCUT2D eigenvalue weighted by molar-refractivity contribution is 0.575. The molecular formula is C15H23N3S2. The Kier molecular flexibility index (Phi) is 5.57. The molecule has 0 aliphatic carbocycles. The van der Waals surface area contributed by atoms with Crippen LogP contribution in [0.4, 0.5) is 5.13 Å². The summed E-state index contributed by atoms with van der Waals surface area (Å²) in [5.74, 6) is 0. The third-order valence-electron chi connectivity index (χ3n) is 3.21. The average Bonchev–Trinajstić information content (AvgIpc) is 3.05. The number of hydrogen-bond donors (Lipinski definition) is 1. The van der Waals surface area contributed by atoms with Crippen LogP contribution in [0.1, 0.15) is 41.8 Å². The molecule has 0 fully saturated rings. The molecule has 3 nitrogen and oxygen atoms in total. The molecule has 0 spiro atoms. The van der Waals surface area contributed by atoms with Crippen LogP contribution in [0.15, 0.2) is 17.5 Å². The number of nitrogens with one attached hydrogen (secondary N) is 1. The summed E-state index contributed by atoms with van der Waals surface area (Å²) in [6.07, 6.45) is 1.16. The Hall–Kier alpha value is -0.910. The van der Waals surface area contributed by atoms with Gasteiger partial charge in [0.1, 0.15) is 0 Å². The van der Waals surface area contributed by atoms with E-state index in [-0.39, 0.29) is 0 Å². The summed E-state index contributed by atoms with van der Waals surface area (Å²) in [7, 11) is 2.12. The standard InChI is InChI=1S/C15H23N3S2/c1-5-8-16-11(2)14-12(3)17-15(20-14)18(4)10-13-7-6-9-19-13/h6-7,9,11,16H,5,8,10H2,1-4H3. The Morgan fingerprint density at radius 1 is 1.45 bits per heavy atom. The fourth-order valence-corrected chi connectivity index (χ4v) is 3.93. The summed E-state index contributed by atoms with van der Waals surface area (Å²) < 4.78 is 0. The van der Waals surface area contributed by atoms with E-state index >= 15 is 0 Å². The molecule has 2 rings (SSSR count). The molecule has 0 saturated carbocycles. The van der Waals surface area contributed by atoms with Gasteiger partial charge in [-0.1, -0.05) is 13.0 Å². The molecule has 2 aromatic heterocycles. The molecule has 2 aromatic rings. The lowest BCUT2D eigenvalue weighted by atomic mass is 10.2. The molecule has 0 aliphatic rings. The van der Waals surface area contributed by atoms with E-state index in [1.54, 1.807) is 22.7 Å². The SMILES string of the molecule is CCCNC(C)c1sc(N(C)Cc2cccs2)nc1C. The number of thiazole rings is 1. The van der Waals surface area contributed by atoms with Crippen molar-refractivity contribution in [2.24, 2.45) is 0 Å². The van der Waals surface area contributed by atoms with Gasteiger partial charge in [-0.25, -0.2) is 4.98 Å². The number of aromatic nitrogens is 1. The van der Waals surface area contributed by atoms with Crippen molar-refractivity contribution in [3.05, 3.63) is 33.0 Å². The Morgan fingerprint density at radius 3 is 2.90 bits per heavy atom. The minimum atomic E-state index is 0.385. The van der Waals surface area contributed by atoms with Crippen LogP contribution in [0.2, 0.25) is 0 Å². The van der Waals surface area contributed by atoms with Gasteiger partial charge in [-0.2, -0.15) is 0 Å². The number of anilines is 1. The minimum absolute atomic E-state index is 0.385. The van der Waals surface area contributed by atoms with Gasteiger partial charge in [0.15, 0.2) is 5.13 Å². The topological polar surface area (TPSA) is 28.2 Å². The molecule has 110 valence electrons. The summed E-state index contributed by atoms with van der Waals surface area (Å²) in [5.41, 5.74) is 1.15. The van der Waals surface area contributed by atoms with E-state index < -0.39 is 0 Å². The minimum Gasteiger partial charge on any atom is -0.346 e. The summed E-state index contributed by atoms with van der Waals surface area (Å²) in [6.45, 7) is 8.51. The van der Waals surface area contributed by atoms with Gasteiger partial charge in [0.05, 0.1) is 12.2 Å². The van der Waals surface area contributed by atoms with E-state index in [0.717, 1.165) is 30.3 Å². The van der Waals surface area contributed by atoms with Crippen LogP contribution >= 0.6 is 22.7 Å². The van der Waals surface area contributed by atoms with Crippen LogP contribution in [0, 0.1) is 6.92 Å². The van der Waals surface area contributed by atoms with E-state index in [0.29, 0.717) is 6.04 Å². The van der Waals surface area contributed by atoms with Gasteiger partial charge in [-0.3, -0.25) is 0 Å². The van der Waals surface area contributed by atoms with Crippen molar-refractivity contribution in [1.82, 2.24) is 10.3 Å². The quantitative estimate of drug-likeness (QED) is 0.830. The van der Waals surface area contributed by atoms with Crippen LogP contribution in [0.25, 0.3) is 0 Å². The van der Waals surface area contributed by atoms with E-state index in [4.69, 9.17) is 4.98 Å². The monoisotopic (exact) mass is 309 g/mol. The first kappa shape index (κ1) is 15.5. The third-order valence-corrected chi connectivity index (χ3v) is 5.53. The van der Waals surface area contributed by atoms with Crippen molar-refractivity contribution < 1.29 is 0 Å². The second-order valence-electron chi connectivity index (χ2n) is 5.06. The summed E-state index contributed by atoms with van der Waals surface area (Å²) in [5, 5.41) is 6.77. The van der Waals surface area contributed by atoms with Crippen molar-refractivity contribution in [2.75, 3.05) is 18.5 Å². The van der Waals surface area contributed by atoms with Gasteiger partial charge in [0, 0.05) is 22.8 Å². The maximum Gasteiger partial charge on any atom is 0.185 e. The van der Waals surface area contributed by atoms with E-state index in [2.05, 4.69) is 55.5 Å². The second kappa shape index (κ2) is 7.20. The predicted octanol–water partition coefficient (Wildman–Crippen LogP) is 4.21. The van der Waals surface area contributed by atoms with E-state index in [9.17, 15) is 0 Å². The van der Waals surface area contributed by atoms with Crippen LogP contribution in [-0.4, -0.2) is 18.6 Å². The van der Waals surface area contributed by atoms with Crippen LogP contribution in [0.3, 0.4) is 0 Å². The molecule has 0 amide bonds. The number of hydrogen-bond acceptors (Lipinski definition) is 5. The molecule has 0 radical (unpaired) electrons. The van der Waals surface area contributed by atoms with Gasteiger partial charge < -0.3 is 10.2 Å². The molecule has 2 heterocycles. The molecule has 0 aliphatic heterocycles. The molecule has 20 heavy (non-hydrogen) atoms. The molecule has 1 atom stereocenters. The summed E-state index contributed by atoms with van der Waals surface area (Å²) in [4.78, 5) is 9.69. The van der Waals surface area contributed by atoms with Crippen LogP contribution in [-0.2, 0) is 6.54 Å². The smallest absolute Gasteiger partial charge is 0.185 e. The number of rotatable bonds is 7. The highest BCUT2D eigenvalue weighted by Gasteiger charge is 2.16. The highest BCUT2D eigenvalue weighted by atomic mass is 32.1. The van der Waals surface area contributed by atoms with Gasteiger partial charge in [0.25, 0.3) is 0 Å². The number of aryl methyl sites for hydroxylation is 1. The molecule has 5 heteroatoms. The van der Waals surface area contributed by atoms with Crippen molar-refractivity contribution in [1.29, 1.82) is 0 Å². The first-order chi connectivity index (χ1) is 9.61. The molecule has 0 saturated heterocycles. The zero-order valence-electron chi connectivity index (χ0n) is 12.6. The van der Waals surface area contributed by atoms with Crippen molar-refractivity contribution in [3.8, 4) is 0 Å². The highest BCUT2D eigenvalue weighted by molar-refractivity contribution is 7.15. The predicted molar refractivity (Wildman–Crippen MR) is 90.0 cm³/mol. The molecular weight excluding hydrogens is 286 g/mol. The molecule has 1 unspecified atom stereocenters. The fourth-order valence-electron chi connectivity index (χ4n) is 2.12.